The van der Waals surface area contributed by atoms with E-state index in [-0.39, 0.29) is 23.8 Å². The topological polar surface area (TPSA) is 125 Å². The van der Waals surface area contributed by atoms with Gasteiger partial charge < -0.3 is 15.8 Å². The van der Waals surface area contributed by atoms with Crippen LogP contribution in [0.25, 0.3) is 16.8 Å². The van der Waals surface area contributed by atoms with Gasteiger partial charge in [-0.05, 0) is 41.2 Å². The van der Waals surface area contributed by atoms with E-state index in [4.69, 9.17) is 10.5 Å². The first-order valence-electron chi connectivity index (χ1n) is 11.8. The summed E-state index contributed by atoms with van der Waals surface area (Å²) in [5.41, 5.74) is 9.44. The van der Waals surface area contributed by atoms with E-state index < -0.39 is 0 Å². The summed E-state index contributed by atoms with van der Waals surface area (Å²) in [7, 11) is 1.60. The molecule has 35 heavy (non-hydrogen) atoms. The highest BCUT2D eigenvalue weighted by atomic mass is 16.5. The van der Waals surface area contributed by atoms with Crippen LogP contribution >= 0.6 is 0 Å². The minimum atomic E-state index is -0.224. The van der Waals surface area contributed by atoms with Crippen LogP contribution in [-0.4, -0.2) is 48.9 Å². The molecule has 4 aromatic heterocycles. The average Bonchev–Trinajstić information content (AvgIpc) is 3.47. The predicted molar refractivity (Wildman–Crippen MR) is 134 cm³/mol. The van der Waals surface area contributed by atoms with Gasteiger partial charge in [-0.3, -0.25) is 9.48 Å². The fraction of sp³-hybridized carbons (Fsp3) is 0.400. The Hall–Kier alpha value is -3.95. The molecule has 0 bridgehead atoms. The number of amides is 1. The maximum atomic E-state index is 13.0. The molecule has 0 aliphatic rings. The molecule has 10 heteroatoms. The second kappa shape index (κ2) is 10.1. The van der Waals surface area contributed by atoms with E-state index in [1.807, 2.05) is 29.1 Å². The second-order valence-electron chi connectivity index (χ2n) is 9.12. The van der Waals surface area contributed by atoms with Crippen molar-refractivity contribution in [2.75, 3.05) is 19.4 Å². The normalized spacial score (nSPS) is 13.2. The van der Waals surface area contributed by atoms with Crippen LogP contribution in [0.3, 0.4) is 0 Å². The quantitative estimate of drug-likeness (QED) is 0.378. The minimum absolute atomic E-state index is 0.0218. The molecule has 3 N–H and O–H groups in total. The molecule has 0 spiro atoms. The largest absolute Gasteiger partial charge is 0.481 e. The first-order chi connectivity index (χ1) is 16.8. The van der Waals surface area contributed by atoms with Crippen LogP contribution in [0.4, 0.5) is 5.95 Å². The van der Waals surface area contributed by atoms with Gasteiger partial charge in [-0.25, -0.2) is 9.50 Å². The summed E-state index contributed by atoms with van der Waals surface area (Å²) in [5, 5.41) is 11.9. The number of hydrogen-bond acceptors (Lipinski definition) is 7. The summed E-state index contributed by atoms with van der Waals surface area (Å²) >= 11 is 0. The summed E-state index contributed by atoms with van der Waals surface area (Å²) in [5.74, 6) is 1.08. The molecule has 0 aliphatic heterocycles. The van der Waals surface area contributed by atoms with E-state index in [2.05, 4.69) is 53.2 Å². The van der Waals surface area contributed by atoms with Crippen LogP contribution in [0, 0.1) is 11.8 Å². The molecule has 0 fully saturated rings. The Bertz CT molecular complexity index is 1330. The van der Waals surface area contributed by atoms with Gasteiger partial charge in [0.05, 0.1) is 19.3 Å². The van der Waals surface area contributed by atoms with Gasteiger partial charge in [-0.2, -0.15) is 10.1 Å². The number of nitrogens with zero attached hydrogens (tertiary/aromatic N) is 6. The Kier molecular flexibility index (Phi) is 6.99. The molecule has 0 aliphatic carbocycles. The molecular formula is C25H32N8O2. The number of carbonyl (C=O) groups excluding carboxylic acids is 1. The molecule has 4 rings (SSSR count). The Balaban J connectivity index is 1.72. The molecule has 2 unspecified atom stereocenters. The zero-order chi connectivity index (χ0) is 25.1. The van der Waals surface area contributed by atoms with E-state index >= 15 is 0 Å². The Morgan fingerprint density at radius 1 is 1.20 bits per heavy atom. The fourth-order valence-electron chi connectivity index (χ4n) is 4.03. The number of anilines is 1. The lowest BCUT2D eigenvalue weighted by atomic mass is 9.97. The van der Waals surface area contributed by atoms with E-state index in [1.54, 1.807) is 25.6 Å². The number of rotatable bonds is 9. The number of nitrogen functional groups attached to an aromatic ring is 1. The monoisotopic (exact) mass is 476 g/mol. The summed E-state index contributed by atoms with van der Waals surface area (Å²) in [4.78, 5) is 21.6. The van der Waals surface area contributed by atoms with Gasteiger partial charge in [0.2, 0.25) is 11.8 Å². The Labute approximate surface area is 204 Å². The lowest BCUT2D eigenvalue weighted by molar-refractivity contribution is 0.0940. The van der Waals surface area contributed by atoms with Crippen molar-refractivity contribution in [3.05, 3.63) is 54.1 Å². The first-order valence-corrected chi connectivity index (χ1v) is 11.8. The third-order valence-corrected chi connectivity index (χ3v) is 6.16. The van der Waals surface area contributed by atoms with Crippen molar-refractivity contribution >= 4 is 17.5 Å². The summed E-state index contributed by atoms with van der Waals surface area (Å²) < 4.78 is 8.72. The zero-order valence-corrected chi connectivity index (χ0v) is 20.8. The maximum absolute atomic E-state index is 13.0. The van der Waals surface area contributed by atoms with E-state index in [0.29, 0.717) is 29.7 Å². The smallest absolute Gasteiger partial charge is 0.270 e. The first kappa shape index (κ1) is 24.2. The third-order valence-electron chi connectivity index (χ3n) is 6.16. The van der Waals surface area contributed by atoms with Gasteiger partial charge in [-0.15, -0.1) is 5.10 Å². The van der Waals surface area contributed by atoms with Gasteiger partial charge in [0.15, 0.2) is 5.65 Å². The molecular weight excluding hydrogens is 444 g/mol. The van der Waals surface area contributed by atoms with Crippen molar-refractivity contribution in [3.8, 4) is 17.0 Å². The number of nitrogens with two attached hydrogens (primary N) is 1. The molecule has 4 heterocycles. The van der Waals surface area contributed by atoms with Crippen molar-refractivity contribution in [1.82, 2.24) is 34.7 Å². The third kappa shape index (κ3) is 5.11. The van der Waals surface area contributed by atoms with Crippen LogP contribution in [0.1, 0.15) is 56.2 Å². The maximum Gasteiger partial charge on any atom is 0.270 e. The summed E-state index contributed by atoms with van der Waals surface area (Å²) in [6.45, 7) is 9.05. The van der Waals surface area contributed by atoms with E-state index in [1.165, 1.54) is 4.52 Å². The van der Waals surface area contributed by atoms with Crippen LogP contribution in [-0.2, 0) is 0 Å². The summed E-state index contributed by atoms with van der Waals surface area (Å²) in [6.07, 6.45) is 6.48. The molecule has 0 aromatic carbocycles. The number of carbonyl (C=O) groups is 1. The van der Waals surface area contributed by atoms with Gasteiger partial charge >= 0.3 is 0 Å². The molecule has 0 saturated carbocycles. The number of ether oxygens (including phenoxy) is 1. The number of nitrogens with one attached hydrogen (secondary N) is 1. The van der Waals surface area contributed by atoms with Crippen LogP contribution in [0.15, 0.2) is 42.9 Å². The highest BCUT2D eigenvalue weighted by molar-refractivity contribution is 5.94. The molecule has 4 aromatic rings. The molecule has 0 radical (unpaired) electrons. The number of fused-ring (bicyclic) bond motifs is 1. The lowest BCUT2D eigenvalue weighted by Gasteiger charge is -2.22. The van der Waals surface area contributed by atoms with Gasteiger partial charge in [0.1, 0.15) is 5.69 Å². The van der Waals surface area contributed by atoms with Crippen molar-refractivity contribution in [2.24, 2.45) is 11.8 Å². The van der Waals surface area contributed by atoms with E-state index in [9.17, 15) is 4.79 Å². The number of aromatic nitrogens is 6. The van der Waals surface area contributed by atoms with E-state index in [0.717, 1.165) is 23.1 Å². The standard InChI is InChI=1S/C25H32N8O2/c1-6-16(4)12-28-24(34)20-9-18(10-21-30-25(26)31-33(20)21)19-13-29-32(14-19)23(15(2)3)17-7-8-27-22(11-17)35-5/h7-11,13-16,23H,6,12H2,1-5H3,(H2,26,31)(H,28,34). The van der Waals surface area contributed by atoms with Gasteiger partial charge in [0.25, 0.3) is 5.91 Å². The van der Waals surface area contributed by atoms with Crippen molar-refractivity contribution < 1.29 is 9.53 Å². The predicted octanol–water partition coefficient (Wildman–Crippen LogP) is 3.60. The summed E-state index contributed by atoms with van der Waals surface area (Å²) in [6, 6.07) is 7.53. The van der Waals surface area contributed by atoms with Gasteiger partial charge in [-0.1, -0.05) is 34.1 Å². The highest BCUT2D eigenvalue weighted by Crippen LogP contribution is 2.30. The number of methoxy groups -OCH3 is 1. The van der Waals surface area contributed by atoms with Crippen LogP contribution in [0.2, 0.25) is 0 Å². The van der Waals surface area contributed by atoms with Crippen molar-refractivity contribution in [1.29, 1.82) is 0 Å². The minimum Gasteiger partial charge on any atom is -0.481 e. The molecule has 1 amide bonds. The lowest BCUT2D eigenvalue weighted by Crippen LogP contribution is -2.29. The SMILES string of the molecule is CCC(C)CNC(=O)c1cc(-c2cnn(C(c3ccnc(OC)c3)C(C)C)c2)cc2nc(N)nn12. The Morgan fingerprint density at radius 2 is 2.00 bits per heavy atom. The average molecular weight is 477 g/mol. The fourth-order valence-corrected chi connectivity index (χ4v) is 4.03. The molecule has 0 saturated heterocycles. The molecule has 2 atom stereocenters. The van der Waals surface area contributed by atoms with Crippen molar-refractivity contribution in [3.63, 3.8) is 0 Å². The molecule has 10 nitrogen and oxygen atoms in total. The zero-order valence-electron chi connectivity index (χ0n) is 20.8. The van der Waals surface area contributed by atoms with Crippen LogP contribution < -0.4 is 15.8 Å². The Morgan fingerprint density at radius 3 is 2.71 bits per heavy atom. The second-order valence-corrected chi connectivity index (χ2v) is 9.12. The van der Waals surface area contributed by atoms with Crippen LogP contribution in [0.5, 0.6) is 5.88 Å². The number of pyridine rings is 2. The van der Waals surface area contributed by atoms with Crippen molar-refractivity contribution in [2.45, 2.75) is 40.2 Å². The molecule has 184 valence electrons. The number of hydrogen-bond donors (Lipinski definition) is 2. The highest BCUT2D eigenvalue weighted by Gasteiger charge is 2.22. The van der Waals surface area contributed by atoms with Gasteiger partial charge in [0, 0.05) is 30.6 Å².